The summed E-state index contributed by atoms with van der Waals surface area (Å²) in [6, 6.07) is 5.73. The van der Waals surface area contributed by atoms with E-state index in [-0.39, 0.29) is 12.0 Å². The first-order valence-electron chi connectivity index (χ1n) is 6.19. The van der Waals surface area contributed by atoms with Gasteiger partial charge in [0.25, 0.3) is 0 Å². The third-order valence-corrected chi connectivity index (χ3v) is 3.44. The van der Waals surface area contributed by atoms with Crippen LogP contribution in [0.2, 0.25) is 0 Å². The average molecular weight is 314 g/mol. The number of hydrogen-bond acceptors (Lipinski definition) is 3. The average Bonchev–Trinajstić information content (AvgIpc) is 2.36. The number of esters is 1. The Bertz CT molecular complexity index is 407. The minimum absolute atomic E-state index is 0.212. The molecule has 0 saturated carbocycles. The monoisotopic (exact) mass is 313 g/mol. The van der Waals surface area contributed by atoms with Gasteiger partial charge in [0.2, 0.25) is 0 Å². The Hall–Kier alpha value is -1.03. The van der Waals surface area contributed by atoms with E-state index in [1.54, 1.807) is 0 Å². The maximum absolute atomic E-state index is 11.7. The molecule has 0 saturated heterocycles. The fourth-order valence-electron chi connectivity index (χ4n) is 1.72. The molecule has 0 fully saturated rings. The van der Waals surface area contributed by atoms with E-state index >= 15 is 0 Å². The van der Waals surface area contributed by atoms with Gasteiger partial charge in [0.1, 0.15) is 6.04 Å². The summed E-state index contributed by atoms with van der Waals surface area (Å²) in [5.41, 5.74) is 2.10. The summed E-state index contributed by atoms with van der Waals surface area (Å²) in [4.78, 5) is 11.7. The molecular weight excluding hydrogens is 294 g/mol. The number of halogens is 1. The molecule has 0 spiro atoms. The number of nitrogens with one attached hydrogen (secondary N) is 1. The molecule has 100 valence electrons. The number of unbranched alkanes of at least 4 members (excludes halogenated alkanes) is 1. The van der Waals surface area contributed by atoms with Gasteiger partial charge in [0, 0.05) is 10.2 Å². The highest BCUT2D eigenvalue weighted by molar-refractivity contribution is 9.10. The van der Waals surface area contributed by atoms with Crippen LogP contribution in [0.4, 0.5) is 5.69 Å². The van der Waals surface area contributed by atoms with E-state index in [0.29, 0.717) is 0 Å². The van der Waals surface area contributed by atoms with Crippen LogP contribution < -0.4 is 5.32 Å². The number of anilines is 1. The lowest BCUT2D eigenvalue weighted by Gasteiger charge is -2.18. The summed E-state index contributed by atoms with van der Waals surface area (Å²) in [7, 11) is 1.42. The number of benzene rings is 1. The first-order valence-corrected chi connectivity index (χ1v) is 6.98. The maximum atomic E-state index is 11.7. The van der Waals surface area contributed by atoms with E-state index in [2.05, 4.69) is 28.2 Å². The lowest BCUT2D eigenvalue weighted by atomic mass is 10.1. The van der Waals surface area contributed by atoms with Crippen molar-refractivity contribution in [3.8, 4) is 0 Å². The van der Waals surface area contributed by atoms with E-state index in [0.717, 1.165) is 29.4 Å². The fourth-order valence-corrected chi connectivity index (χ4v) is 2.33. The Morgan fingerprint density at radius 2 is 2.22 bits per heavy atom. The van der Waals surface area contributed by atoms with Crippen molar-refractivity contribution in [3.05, 3.63) is 28.2 Å². The molecule has 0 aromatic heterocycles. The number of hydrogen-bond donors (Lipinski definition) is 1. The maximum Gasteiger partial charge on any atom is 0.328 e. The van der Waals surface area contributed by atoms with Crippen molar-refractivity contribution < 1.29 is 9.53 Å². The molecule has 0 aliphatic heterocycles. The van der Waals surface area contributed by atoms with Gasteiger partial charge in [-0.15, -0.1) is 0 Å². The summed E-state index contributed by atoms with van der Waals surface area (Å²) in [6.07, 6.45) is 2.84. The van der Waals surface area contributed by atoms with Gasteiger partial charge in [-0.1, -0.05) is 25.8 Å². The summed E-state index contributed by atoms with van der Waals surface area (Å²) < 4.78 is 5.79. The van der Waals surface area contributed by atoms with Crippen molar-refractivity contribution in [2.45, 2.75) is 39.2 Å². The van der Waals surface area contributed by atoms with Crippen LogP contribution in [-0.2, 0) is 9.53 Å². The molecule has 1 atom stereocenters. The summed E-state index contributed by atoms with van der Waals surface area (Å²) in [5, 5.41) is 3.24. The van der Waals surface area contributed by atoms with Gasteiger partial charge >= 0.3 is 5.97 Å². The zero-order valence-corrected chi connectivity index (χ0v) is 12.7. The van der Waals surface area contributed by atoms with E-state index in [1.165, 1.54) is 12.7 Å². The highest BCUT2D eigenvalue weighted by Gasteiger charge is 2.19. The molecule has 0 aliphatic carbocycles. The number of aryl methyl sites for hydroxylation is 1. The number of methoxy groups -OCH3 is 1. The molecule has 1 aromatic carbocycles. The number of ether oxygens (including phenoxy) is 1. The minimum Gasteiger partial charge on any atom is -0.467 e. The molecule has 0 heterocycles. The molecule has 1 aromatic rings. The Morgan fingerprint density at radius 1 is 1.50 bits per heavy atom. The van der Waals surface area contributed by atoms with Crippen LogP contribution in [0.5, 0.6) is 0 Å². The highest BCUT2D eigenvalue weighted by Crippen LogP contribution is 2.25. The molecule has 1 N–H and O–H groups in total. The van der Waals surface area contributed by atoms with Gasteiger partial charge in [0.05, 0.1) is 7.11 Å². The molecule has 0 bridgehead atoms. The molecule has 1 rings (SSSR count). The van der Waals surface area contributed by atoms with E-state index in [1.807, 2.05) is 25.1 Å². The SMILES string of the molecule is CCCCC(Nc1ccc(C)cc1Br)C(=O)OC. The van der Waals surface area contributed by atoms with Crippen LogP contribution in [-0.4, -0.2) is 19.1 Å². The zero-order valence-electron chi connectivity index (χ0n) is 11.1. The number of rotatable bonds is 6. The molecule has 0 aliphatic rings. The van der Waals surface area contributed by atoms with Crippen LogP contribution in [0, 0.1) is 6.92 Å². The molecule has 3 nitrogen and oxygen atoms in total. The molecule has 18 heavy (non-hydrogen) atoms. The first kappa shape index (κ1) is 15.0. The summed E-state index contributed by atoms with van der Waals surface area (Å²) in [5.74, 6) is -0.212. The van der Waals surface area contributed by atoms with Crippen molar-refractivity contribution >= 4 is 27.6 Å². The van der Waals surface area contributed by atoms with Crippen LogP contribution in [0.3, 0.4) is 0 Å². The highest BCUT2D eigenvalue weighted by atomic mass is 79.9. The normalized spacial score (nSPS) is 12.0. The van der Waals surface area contributed by atoms with Crippen molar-refractivity contribution in [2.24, 2.45) is 0 Å². The predicted molar refractivity (Wildman–Crippen MR) is 77.8 cm³/mol. The first-order chi connectivity index (χ1) is 8.58. The third-order valence-electron chi connectivity index (χ3n) is 2.79. The van der Waals surface area contributed by atoms with Gasteiger partial charge in [-0.25, -0.2) is 4.79 Å². The zero-order chi connectivity index (χ0) is 13.5. The van der Waals surface area contributed by atoms with Crippen molar-refractivity contribution in [2.75, 3.05) is 12.4 Å². The van der Waals surface area contributed by atoms with E-state index in [9.17, 15) is 4.79 Å². The molecular formula is C14H20BrNO2. The quantitative estimate of drug-likeness (QED) is 0.809. The van der Waals surface area contributed by atoms with Crippen LogP contribution >= 0.6 is 15.9 Å². The fraction of sp³-hybridized carbons (Fsp3) is 0.500. The molecule has 0 amide bonds. The van der Waals surface area contributed by atoms with E-state index < -0.39 is 0 Å². The molecule has 4 heteroatoms. The second-order valence-corrected chi connectivity index (χ2v) is 5.20. The topological polar surface area (TPSA) is 38.3 Å². The van der Waals surface area contributed by atoms with Crippen molar-refractivity contribution in [1.82, 2.24) is 0 Å². The molecule has 0 radical (unpaired) electrons. The Labute approximate surface area is 117 Å². The van der Waals surface area contributed by atoms with E-state index in [4.69, 9.17) is 4.74 Å². The lowest BCUT2D eigenvalue weighted by Crippen LogP contribution is -2.30. The standard InChI is InChI=1S/C14H20BrNO2/c1-4-5-6-13(14(17)18-3)16-12-8-7-10(2)9-11(12)15/h7-9,13,16H,4-6H2,1-3H3. The Kier molecular flexibility index (Phi) is 6.19. The van der Waals surface area contributed by atoms with Crippen LogP contribution in [0.15, 0.2) is 22.7 Å². The predicted octanol–water partition coefficient (Wildman–Crippen LogP) is 3.90. The summed E-state index contributed by atoms with van der Waals surface area (Å²) >= 11 is 3.50. The number of carbonyl (C=O) groups excluding carboxylic acids is 1. The van der Waals surface area contributed by atoms with Crippen LogP contribution in [0.25, 0.3) is 0 Å². The molecule has 1 unspecified atom stereocenters. The van der Waals surface area contributed by atoms with Gasteiger partial charge in [0.15, 0.2) is 0 Å². The van der Waals surface area contributed by atoms with Gasteiger partial charge in [-0.2, -0.15) is 0 Å². The summed E-state index contributed by atoms with van der Waals surface area (Å²) in [6.45, 7) is 4.14. The van der Waals surface area contributed by atoms with Gasteiger partial charge < -0.3 is 10.1 Å². The third kappa shape index (κ3) is 4.33. The van der Waals surface area contributed by atoms with Crippen molar-refractivity contribution in [3.63, 3.8) is 0 Å². The Morgan fingerprint density at radius 3 is 2.78 bits per heavy atom. The van der Waals surface area contributed by atoms with Crippen molar-refractivity contribution in [1.29, 1.82) is 0 Å². The minimum atomic E-state index is -0.283. The Balaban J connectivity index is 2.78. The van der Waals surface area contributed by atoms with Gasteiger partial charge in [-0.3, -0.25) is 0 Å². The second kappa shape index (κ2) is 7.41. The smallest absolute Gasteiger partial charge is 0.328 e. The largest absolute Gasteiger partial charge is 0.467 e. The van der Waals surface area contributed by atoms with Crippen LogP contribution in [0.1, 0.15) is 31.7 Å². The lowest BCUT2D eigenvalue weighted by molar-refractivity contribution is -0.141. The number of carbonyl (C=O) groups is 1. The van der Waals surface area contributed by atoms with Gasteiger partial charge in [-0.05, 0) is 47.0 Å². The second-order valence-electron chi connectivity index (χ2n) is 4.35.